The first-order valence-corrected chi connectivity index (χ1v) is 8.21. The second kappa shape index (κ2) is 6.42. The number of carbonyl (C=O) groups is 1. The average Bonchev–Trinajstić information content (AvgIpc) is 3.01. The highest BCUT2D eigenvalue weighted by Crippen LogP contribution is 2.31. The molecule has 0 aliphatic heterocycles. The Hall–Kier alpha value is -1.98. The molecule has 0 aliphatic rings. The van der Waals surface area contributed by atoms with Gasteiger partial charge >= 0.3 is 0 Å². The van der Waals surface area contributed by atoms with Gasteiger partial charge in [-0.05, 0) is 35.7 Å². The van der Waals surface area contributed by atoms with E-state index in [2.05, 4.69) is 21.2 Å². The van der Waals surface area contributed by atoms with Crippen molar-refractivity contribution >= 4 is 38.9 Å². The number of amides is 1. The third kappa shape index (κ3) is 3.26. The molecule has 3 rings (SSSR count). The smallest absolute Gasteiger partial charge is 0.255 e. The highest BCUT2D eigenvalue weighted by Gasteiger charge is 2.12. The van der Waals surface area contributed by atoms with Gasteiger partial charge in [0, 0.05) is 26.2 Å². The molecule has 3 aromatic rings. The molecular formula is C17H11BrFNOS. The Balaban J connectivity index is 1.92. The maximum Gasteiger partial charge on any atom is 0.255 e. The van der Waals surface area contributed by atoms with Crippen molar-refractivity contribution in [2.75, 3.05) is 5.32 Å². The van der Waals surface area contributed by atoms with Gasteiger partial charge in [-0.25, -0.2) is 4.39 Å². The molecule has 0 spiro atoms. The number of para-hydroxylation sites is 1. The van der Waals surface area contributed by atoms with Crippen LogP contribution in [-0.4, -0.2) is 5.91 Å². The molecule has 1 amide bonds. The van der Waals surface area contributed by atoms with Gasteiger partial charge in [-0.2, -0.15) is 0 Å². The lowest BCUT2D eigenvalue weighted by Crippen LogP contribution is -2.12. The van der Waals surface area contributed by atoms with E-state index >= 15 is 0 Å². The third-order valence-corrected chi connectivity index (χ3v) is 4.45. The number of halogens is 2. The van der Waals surface area contributed by atoms with Gasteiger partial charge in [-0.3, -0.25) is 4.79 Å². The van der Waals surface area contributed by atoms with E-state index in [4.69, 9.17) is 0 Å². The van der Waals surface area contributed by atoms with Crippen molar-refractivity contribution in [1.29, 1.82) is 0 Å². The minimum Gasteiger partial charge on any atom is -0.321 e. The Labute approximate surface area is 139 Å². The van der Waals surface area contributed by atoms with Crippen LogP contribution in [0.5, 0.6) is 0 Å². The zero-order chi connectivity index (χ0) is 15.5. The molecule has 0 unspecified atom stereocenters. The highest BCUT2D eigenvalue weighted by molar-refractivity contribution is 9.10. The summed E-state index contributed by atoms with van der Waals surface area (Å²) in [5.41, 5.74) is 1.92. The molecule has 0 saturated heterocycles. The maximum absolute atomic E-state index is 13.4. The van der Waals surface area contributed by atoms with Gasteiger partial charge in [0.2, 0.25) is 0 Å². The van der Waals surface area contributed by atoms with Gasteiger partial charge in [-0.1, -0.05) is 40.2 Å². The van der Waals surface area contributed by atoms with Crippen LogP contribution in [0.2, 0.25) is 0 Å². The Morgan fingerprint density at radius 2 is 1.91 bits per heavy atom. The lowest BCUT2D eigenvalue weighted by Gasteiger charge is -2.10. The Morgan fingerprint density at radius 3 is 2.64 bits per heavy atom. The van der Waals surface area contributed by atoms with Crippen LogP contribution in [0.4, 0.5) is 10.1 Å². The molecule has 22 heavy (non-hydrogen) atoms. The van der Waals surface area contributed by atoms with Crippen LogP contribution >= 0.6 is 27.3 Å². The van der Waals surface area contributed by atoms with E-state index in [1.54, 1.807) is 17.4 Å². The molecule has 1 aromatic heterocycles. The predicted molar refractivity (Wildman–Crippen MR) is 91.8 cm³/mol. The normalized spacial score (nSPS) is 10.5. The van der Waals surface area contributed by atoms with E-state index in [1.807, 2.05) is 41.8 Å². The molecule has 2 aromatic carbocycles. The zero-order valence-corrected chi connectivity index (χ0v) is 13.7. The summed E-state index contributed by atoms with van der Waals surface area (Å²) in [6.45, 7) is 0. The Morgan fingerprint density at radius 1 is 1.09 bits per heavy atom. The van der Waals surface area contributed by atoms with Crippen molar-refractivity contribution in [3.63, 3.8) is 0 Å². The number of carbonyl (C=O) groups excluding carboxylic acids is 1. The highest BCUT2D eigenvalue weighted by atomic mass is 79.9. The predicted octanol–water partition coefficient (Wildman–Crippen LogP) is 5.57. The fraction of sp³-hybridized carbons (Fsp3) is 0. The van der Waals surface area contributed by atoms with Crippen LogP contribution in [-0.2, 0) is 0 Å². The largest absolute Gasteiger partial charge is 0.321 e. The minimum atomic E-state index is -0.453. The topological polar surface area (TPSA) is 29.1 Å². The first-order valence-electron chi connectivity index (χ1n) is 6.54. The van der Waals surface area contributed by atoms with Crippen molar-refractivity contribution < 1.29 is 9.18 Å². The number of benzene rings is 2. The summed E-state index contributed by atoms with van der Waals surface area (Å²) in [7, 11) is 0. The van der Waals surface area contributed by atoms with E-state index in [9.17, 15) is 9.18 Å². The fourth-order valence-electron chi connectivity index (χ4n) is 2.12. The quantitative estimate of drug-likeness (QED) is 0.636. The van der Waals surface area contributed by atoms with Crippen LogP contribution in [0.15, 0.2) is 64.5 Å². The molecule has 2 nitrogen and oxygen atoms in total. The van der Waals surface area contributed by atoms with Crippen molar-refractivity contribution in [3.8, 4) is 10.4 Å². The number of hydrogen-bond acceptors (Lipinski definition) is 2. The van der Waals surface area contributed by atoms with Gasteiger partial charge in [0.05, 0.1) is 0 Å². The van der Waals surface area contributed by atoms with Crippen LogP contribution < -0.4 is 5.32 Å². The molecule has 1 N–H and O–H groups in total. The van der Waals surface area contributed by atoms with Crippen molar-refractivity contribution in [2.45, 2.75) is 0 Å². The standard InChI is InChI=1S/C17H11BrFNOS/c18-12-8-11(9-13(19)10-12)17(21)20-15-5-2-1-4-14(15)16-6-3-7-22-16/h1-10H,(H,20,21). The van der Waals surface area contributed by atoms with E-state index in [-0.39, 0.29) is 11.5 Å². The van der Waals surface area contributed by atoms with E-state index in [0.29, 0.717) is 10.2 Å². The van der Waals surface area contributed by atoms with E-state index in [1.165, 1.54) is 12.1 Å². The third-order valence-electron chi connectivity index (χ3n) is 3.09. The Bertz CT molecular complexity index is 797. The van der Waals surface area contributed by atoms with Crippen LogP contribution in [0, 0.1) is 5.82 Å². The number of thiophene rings is 1. The van der Waals surface area contributed by atoms with Gasteiger partial charge in [0.15, 0.2) is 0 Å². The molecule has 0 aliphatic carbocycles. The molecule has 0 radical (unpaired) electrons. The molecule has 0 saturated carbocycles. The summed E-state index contributed by atoms with van der Waals surface area (Å²) < 4.78 is 14.0. The molecule has 1 heterocycles. The molecule has 110 valence electrons. The SMILES string of the molecule is O=C(Nc1ccccc1-c1cccs1)c1cc(F)cc(Br)c1. The van der Waals surface area contributed by atoms with Gasteiger partial charge in [-0.15, -0.1) is 11.3 Å². The second-order valence-electron chi connectivity index (χ2n) is 4.64. The number of nitrogens with one attached hydrogen (secondary N) is 1. The monoisotopic (exact) mass is 375 g/mol. The summed E-state index contributed by atoms with van der Waals surface area (Å²) in [5, 5.41) is 4.83. The van der Waals surface area contributed by atoms with Crippen molar-refractivity contribution in [2.24, 2.45) is 0 Å². The maximum atomic E-state index is 13.4. The molecule has 0 fully saturated rings. The second-order valence-corrected chi connectivity index (χ2v) is 6.50. The van der Waals surface area contributed by atoms with Crippen LogP contribution in [0.25, 0.3) is 10.4 Å². The average molecular weight is 376 g/mol. The van der Waals surface area contributed by atoms with Crippen molar-refractivity contribution in [3.05, 3.63) is 75.8 Å². The first kappa shape index (κ1) is 14.9. The molecule has 0 bridgehead atoms. The van der Waals surface area contributed by atoms with Gasteiger partial charge in [0.1, 0.15) is 5.82 Å². The van der Waals surface area contributed by atoms with Crippen LogP contribution in [0.1, 0.15) is 10.4 Å². The summed E-state index contributed by atoms with van der Waals surface area (Å²) >= 11 is 4.79. The fourth-order valence-corrected chi connectivity index (χ4v) is 3.35. The summed E-state index contributed by atoms with van der Waals surface area (Å²) in [6, 6.07) is 15.6. The van der Waals surface area contributed by atoms with E-state index < -0.39 is 5.82 Å². The van der Waals surface area contributed by atoms with Crippen LogP contribution in [0.3, 0.4) is 0 Å². The minimum absolute atomic E-state index is 0.271. The number of rotatable bonds is 3. The van der Waals surface area contributed by atoms with E-state index in [0.717, 1.165) is 10.4 Å². The number of anilines is 1. The molecule has 5 heteroatoms. The molecular weight excluding hydrogens is 365 g/mol. The lowest BCUT2D eigenvalue weighted by molar-refractivity contribution is 0.102. The van der Waals surface area contributed by atoms with Gasteiger partial charge < -0.3 is 5.32 Å². The lowest BCUT2D eigenvalue weighted by atomic mass is 10.1. The Kier molecular flexibility index (Phi) is 4.36. The van der Waals surface area contributed by atoms with Gasteiger partial charge in [0.25, 0.3) is 5.91 Å². The number of hydrogen-bond donors (Lipinski definition) is 1. The summed E-state index contributed by atoms with van der Waals surface area (Å²) in [4.78, 5) is 13.4. The molecule has 0 atom stereocenters. The zero-order valence-electron chi connectivity index (χ0n) is 11.3. The first-order chi connectivity index (χ1) is 10.6. The van der Waals surface area contributed by atoms with Crippen molar-refractivity contribution in [1.82, 2.24) is 0 Å². The summed E-state index contributed by atoms with van der Waals surface area (Å²) in [5.74, 6) is -0.796. The summed E-state index contributed by atoms with van der Waals surface area (Å²) in [6.07, 6.45) is 0.